The zero-order valence-electron chi connectivity index (χ0n) is 18.6. The van der Waals surface area contributed by atoms with Crippen molar-refractivity contribution in [3.8, 4) is 0 Å². The number of fused-ring (bicyclic) bond motifs is 2. The van der Waals surface area contributed by atoms with Gasteiger partial charge in [0.2, 0.25) is 0 Å². The van der Waals surface area contributed by atoms with Gasteiger partial charge in [-0.3, -0.25) is 4.79 Å². The van der Waals surface area contributed by atoms with Crippen molar-refractivity contribution >= 4 is 41.2 Å². The molecule has 0 bridgehead atoms. The Balaban J connectivity index is 2.01. The molecule has 0 saturated heterocycles. The maximum atomic E-state index is 13.8. The molecule has 0 radical (unpaired) electrons. The summed E-state index contributed by atoms with van der Waals surface area (Å²) in [6.07, 6.45) is 7.03. The van der Waals surface area contributed by atoms with Crippen LogP contribution in [0.25, 0.3) is 5.57 Å². The van der Waals surface area contributed by atoms with Crippen LogP contribution in [0.3, 0.4) is 0 Å². The molecular weight excluding hydrogens is 372 g/mol. The average Bonchev–Trinajstić information content (AvgIpc) is 2.71. The Labute approximate surface area is 176 Å². The van der Waals surface area contributed by atoms with Crippen LogP contribution >= 0.6 is 0 Å². The minimum Gasteiger partial charge on any atom is -0.378 e. The number of hydrogen-bond donors (Lipinski definition) is 0. The highest BCUT2D eigenvalue weighted by atomic mass is 28.3. The summed E-state index contributed by atoms with van der Waals surface area (Å²) in [5.41, 5.74) is 6.80. The van der Waals surface area contributed by atoms with Crippen molar-refractivity contribution in [2.75, 3.05) is 38.0 Å². The summed E-state index contributed by atoms with van der Waals surface area (Å²) >= 11 is 0. The van der Waals surface area contributed by atoms with Crippen molar-refractivity contribution < 1.29 is 4.79 Å². The molecule has 0 unspecified atom stereocenters. The first kappa shape index (κ1) is 20.0. The van der Waals surface area contributed by atoms with Crippen LogP contribution in [0.15, 0.2) is 36.4 Å². The maximum absolute atomic E-state index is 13.8. The number of rotatable bonds is 3. The van der Waals surface area contributed by atoms with Gasteiger partial charge in [0.1, 0.15) is 8.07 Å². The van der Waals surface area contributed by atoms with E-state index in [1.165, 1.54) is 45.7 Å². The molecule has 1 aliphatic heterocycles. The first-order chi connectivity index (χ1) is 13.7. The minimum atomic E-state index is -2.02. The lowest BCUT2D eigenvalue weighted by Crippen LogP contribution is -2.60. The number of hydrogen-bond acceptors (Lipinski definition) is 3. The number of nitrogens with zero attached hydrogens (tertiary/aromatic N) is 2. The van der Waals surface area contributed by atoms with Gasteiger partial charge in [0.25, 0.3) is 0 Å². The van der Waals surface area contributed by atoms with Gasteiger partial charge in [-0.05, 0) is 77.5 Å². The summed E-state index contributed by atoms with van der Waals surface area (Å²) in [6.45, 7) is 4.80. The Morgan fingerprint density at radius 3 is 2.14 bits per heavy atom. The summed E-state index contributed by atoms with van der Waals surface area (Å²) in [7, 11) is 6.29. The van der Waals surface area contributed by atoms with Gasteiger partial charge < -0.3 is 9.80 Å². The average molecular weight is 405 g/mol. The van der Waals surface area contributed by atoms with E-state index in [1.807, 2.05) is 0 Å². The van der Waals surface area contributed by atoms with Gasteiger partial charge in [0.05, 0.1) is 0 Å². The van der Waals surface area contributed by atoms with Gasteiger partial charge in [-0.2, -0.15) is 0 Å². The van der Waals surface area contributed by atoms with E-state index >= 15 is 0 Å². The summed E-state index contributed by atoms with van der Waals surface area (Å²) in [5, 5.41) is 2.55. The molecule has 2 aromatic carbocycles. The Hall–Kier alpha value is -2.33. The number of allylic oxidation sites excluding steroid dienone is 2. The normalized spacial score (nSPS) is 17.3. The zero-order chi connectivity index (χ0) is 20.9. The molecule has 0 fully saturated rings. The molecule has 1 heterocycles. The van der Waals surface area contributed by atoms with Gasteiger partial charge in [0, 0.05) is 50.7 Å². The van der Waals surface area contributed by atoms with E-state index in [2.05, 4.69) is 87.5 Å². The molecule has 0 aromatic heterocycles. The van der Waals surface area contributed by atoms with Crippen LogP contribution in [-0.2, 0) is 0 Å². The fourth-order valence-electron chi connectivity index (χ4n) is 4.76. The third kappa shape index (κ3) is 3.23. The van der Waals surface area contributed by atoms with Gasteiger partial charge in [-0.15, -0.1) is 0 Å². The van der Waals surface area contributed by atoms with E-state index in [1.54, 1.807) is 0 Å². The molecule has 29 heavy (non-hydrogen) atoms. The Morgan fingerprint density at radius 1 is 0.828 bits per heavy atom. The summed E-state index contributed by atoms with van der Waals surface area (Å²) in [4.78, 5) is 18.1. The predicted octanol–water partition coefficient (Wildman–Crippen LogP) is 4.14. The van der Waals surface area contributed by atoms with Crippen molar-refractivity contribution in [2.45, 2.75) is 38.8 Å². The lowest BCUT2D eigenvalue weighted by molar-refractivity contribution is 0.103. The summed E-state index contributed by atoms with van der Waals surface area (Å²) < 4.78 is 0. The van der Waals surface area contributed by atoms with Gasteiger partial charge >= 0.3 is 0 Å². The Morgan fingerprint density at radius 2 is 1.52 bits per heavy atom. The van der Waals surface area contributed by atoms with E-state index < -0.39 is 8.07 Å². The molecule has 1 aliphatic carbocycles. The number of anilines is 2. The number of carbonyl (C=O) groups excluding carboxylic acids is 1. The van der Waals surface area contributed by atoms with Gasteiger partial charge in [0.15, 0.2) is 5.78 Å². The smallest absolute Gasteiger partial charge is 0.193 e. The number of carbonyl (C=O) groups is 1. The quantitative estimate of drug-likeness (QED) is 0.718. The lowest BCUT2D eigenvalue weighted by Gasteiger charge is -2.36. The van der Waals surface area contributed by atoms with Crippen LogP contribution in [-0.4, -0.2) is 42.0 Å². The molecular formula is C25H32N2OSi. The molecule has 0 spiro atoms. The molecule has 0 saturated carbocycles. The highest BCUT2D eigenvalue weighted by Gasteiger charge is 2.40. The Bertz CT molecular complexity index is 1020. The van der Waals surface area contributed by atoms with Crippen molar-refractivity contribution in [2.24, 2.45) is 0 Å². The van der Waals surface area contributed by atoms with Crippen molar-refractivity contribution in [3.63, 3.8) is 0 Å². The Kier molecular flexibility index (Phi) is 4.94. The van der Waals surface area contributed by atoms with Crippen LogP contribution in [0.1, 0.15) is 47.2 Å². The maximum Gasteiger partial charge on any atom is 0.193 e. The van der Waals surface area contributed by atoms with E-state index in [4.69, 9.17) is 0 Å². The van der Waals surface area contributed by atoms with Crippen molar-refractivity contribution in [1.29, 1.82) is 0 Å². The fraction of sp³-hybridized carbons (Fsp3) is 0.400. The monoisotopic (exact) mass is 404 g/mol. The third-order valence-electron chi connectivity index (χ3n) is 6.61. The molecule has 4 rings (SSSR count). The second-order valence-electron chi connectivity index (χ2n) is 9.36. The lowest BCUT2D eigenvalue weighted by atomic mass is 9.87. The first-order valence-corrected chi connectivity index (χ1v) is 13.6. The van der Waals surface area contributed by atoms with Gasteiger partial charge in [-0.1, -0.05) is 19.2 Å². The molecule has 0 amide bonds. The number of benzene rings is 2. The second kappa shape index (κ2) is 7.17. The van der Waals surface area contributed by atoms with E-state index in [9.17, 15) is 4.79 Å². The van der Waals surface area contributed by atoms with Crippen LogP contribution in [0.2, 0.25) is 13.1 Å². The van der Waals surface area contributed by atoms with Crippen LogP contribution in [0, 0.1) is 0 Å². The van der Waals surface area contributed by atoms with Crippen LogP contribution < -0.4 is 20.2 Å². The summed E-state index contributed by atoms with van der Waals surface area (Å²) in [6, 6.07) is 10.9. The topological polar surface area (TPSA) is 23.6 Å². The molecule has 2 aromatic rings. The number of ketones is 1. The van der Waals surface area contributed by atoms with Crippen molar-refractivity contribution in [3.05, 3.63) is 53.1 Å². The standard InChI is InChI=1S/C25H32N2OSi/c1-26(2)18-12-13-20-22(15-18)29(5,6)23-16-19(27(3)4)14-21(24(23)25(20)28)17-10-8-7-9-11-17/h10,12-16H,7-9,11H2,1-6H3. The van der Waals surface area contributed by atoms with E-state index in [0.717, 1.165) is 24.0 Å². The van der Waals surface area contributed by atoms with Crippen LogP contribution in [0.5, 0.6) is 0 Å². The molecule has 2 aliphatic rings. The minimum absolute atomic E-state index is 0.207. The molecule has 0 atom stereocenters. The highest BCUT2D eigenvalue weighted by Crippen LogP contribution is 2.35. The highest BCUT2D eigenvalue weighted by molar-refractivity contribution is 7.02. The molecule has 152 valence electrons. The molecule has 4 heteroatoms. The zero-order valence-corrected chi connectivity index (χ0v) is 19.6. The second-order valence-corrected chi connectivity index (χ2v) is 13.7. The van der Waals surface area contributed by atoms with Gasteiger partial charge in [-0.25, -0.2) is 0 Å². The van der Waals surface area contributed by atoms with E-state index in [0.29, 0.717) is 0 Å². The molecule has 3 nitrogen and oxygen atoms in total. The summed E-state index contributed by atoms with van der Waals surface area (Å²) in [5.74, 6) is 0.207. The predicted molar refractivity (Wildman–Crippen MR) is 128 cm³/mol. The fourth-order valence-corrected chi connectivity index (χ4v) is 7.81. The largest absolute Gasteiger partial charge is 0.378 e. The van der Waals surface area contributed by atoms with Crippen molar-refractivity contribution in [1.82, 2.24) is 0 Å². The molecule has 0 N–H and O–H groups in total. The third-order valence-corrected chi connectivity index (χ3v) is 10.1. The first-order valence-electron chi connectivity index (χ1n) is 10.6. The SMILES string of the molecule is CN(C)c1ccc2c(c1)[Si](C)(C)c1cc(N(C)C)cc(C3=CCCCC3)c1C2=O. The van der Waals surface area contributed by atoms with Crippen LogP contribution in [0.4, 0.5) is 11.4 Å². The van der Waals surface area contributed by atoms with E-state index in [-0.39, 0.29) is 5.78 Å².